The molecule has 3 rings (SSSR count). The number of carbonyl (C=O) groups is 1. The second-order valence-electron chi connectivity index (χ2n) is 4.36. The van der Waals surface area contributed by atoms with Gasteiger partial charge in [-0.25, -0.2) is 0 Å². The molecule has 0 saturated heterocycles. The van der Waals surface area contributed by atoms with E-state index in [0.717, 1.165) is 4.47 Å². The highest BCUT2D eigenvalue weighted by atomic mass is 79.9. The Kier molecular flexibility index (Phi) is 3.60. The number of amides is 1. The monoisotopic (exact) mass is 333 g/mol. The van der Waals surface area contributed by atoms with E-state index in [1.54, 1.807) is 6.07 Å². The molecule has 102 valence electrons. The lowest BCUT2D eigenvalue weighted by molar-refractivity contribution is -0.125. The first-order valence-electron chi connectivity index (χ1n) is 6.17. The van der Waals surface area contributed by atoms with Gasteiger partial charge < -0.3 is 14.8 Å². The Morgan fingerprint density at radius 3 is 2.75 bits per heavy atom. The van der Waals surface area contributed by atoms with Crippen LogP contribution in [0.1, 0.15) is 0 Å². The Bertz CT molecular complexity index is 645. The Morgan fingerprint density at radius 1 is 1.15 bits per heavy atom. The van der Waals surface area contributed by atoms with Crippen molar-refractivity contribution in [2.75, 3.05) is 11.9 Å². The maximum absolute atomic E-state index is 12.2. The van der Waals surface area contributed by atoms with Gasteiger partial charge in [-0.15, -0.1) is 0 Å². The summed E-state index contributed by atoms with van der Waals surface area (Å²) in [5, 5.41) is 2.81. The molecule has 0 radical (unpaired) electrons. The van der Waals surface area contributed by atoms with E-state index in [0.29, 0.717) is 17.2 Å². The van der Waals surface area contributed by atoms with Crippen LogP contribution in [-0.4, -0.2) is 18.6 Å². The van der Waals surface area contributed by atoms with Crippen LogP contribution in [0.5, 0.6) is 11.5 Å². The zero-order chi connectivity index (χ0) is 13.9. The summed E-state index contributed by atoms with van der Waals surface area (Å²) >= 11 is 3.36. The fraction of sp³-hybridized carbons (Fsp3) is 0.133. The molecule has 0 fully saturated rings. The summed E-state index contributed by atoms with van der Waals surface area (Å²) in [6.07, 6.45) is -0.649. The minimum Gasteiger partial charge on any atom is -0.485 e. The van der Waals surface area contributed by atoms with Gasteiger partial charge in [0, 0.05) is 10.2 Å². The number of para-hydroxylation sites is 2. The van der Waals surface area contributed by atoms with E-state index >= 15 is 0 Å². The summed E-state index contributed by atoms with van der Waals surface area (Å²) < 4.78 is 12.1. The van der Waals surface area contributed by atoms with Crippen molar-refractivity contribution in [1.82, 2.24) is 0 Å². The molecular formula is C15H12BrNO3. The minimum absolute atomic E-state index is 0.205. The molecule has 4 nitrogen and oxygen atoms in total. The molecule has 0 bridgehead atoms. The number of ether oxygens (including phenoxy) is 2. The van der Waals surface area contributed by atoms with E-state index in [-0.39, 0.29) is 12.5 Å². The van der Waals surface area contributed by atoms with Gasteiger partial charge in [-0.05, 0) is 30.3 Å². The van der Waals surface area contributed by atoms with Crippen LogP contribution in [0.4, 0.5) is 5.69 Å². The van der Waals surface area contributed by atoms with Crippen LogP contribution in [0.2, 0.25) is 0 Å². The highest BCUT2D eigenvalue weighted by Crippen LogP contribution is 2.31. The van der Waals surface area contributed by atoms with Crippen molar-refractivity contribution < 1.29 is 14.3 Å². The normalized spacial score (nSPS) is 16.6. The Balaban J connectivity index is 1.70. The van der Waals surface area contributed by atoms with Crippen molar-refractivity contribution >= 4 is 27.5 Å². The number of rotatable bonds is 2. The number of carbonyl (C=O) groups excluding carboxylic acids is 1. The zero-order valence-electron chi connectivity index (χ0n) is 10.5. The summed E-state index contributed by atoms with van der Waals surface area (Å²) in [6.45, 7) is 0.205. The fourth-order valence-corrected chi connectivity index (χ4v) is 2.34. The van der Waals surface area contributed by atoms with Gasteiger partial charge in [0.15, 0.2) is 11.5 Å². The SMILES string of the molecule is O=C(Nc1cccc(Br)c1)C1COc2ccccc2O1. The average molecular weight is 334 g/mol. The number of benzene rings is 2. The van der Waals surface area contributed by atoms with Gasteiger partial charge in [0.2, 0.25) is 6.10 Å². The molecule has 1 aliphatic rings. The highest BCUT2D eigenvalue weighted by molar-refractivity contribution is 9.10. The van der Waals surface area contributed by atoms with Crippen molar-refractivity contribution in [3.8, 4) is 11.5 Å². The molecule has 1 aliphatic heterocycles. The largest absolute Gasteiger partial charge is 0.485 e. The number of halogens is 1. The quantitative estimate of drug-likeness (QED) is 0.917. The predicted octanol–water partition coefficient (Wildman–Crippen LogP) is 3.23. The molecule has 2 aromatic rings. The van der Waals surface area contributed by atoms with Crippen molar-refractivity contribution in [2.24, 2.45) is 0 Å². The van der Waals surface area contributed by atoms with Crippen LogP contribution >= 0.6 is 15.9 Å². The Labute approximate surface area is 124 Å². The van der Waals surface area contributed by atoms with Crippen LogP contribution in [0.3, 0.4) is 0 Å². The summed E-state index contributed by atoms with van der Waals surface area (Å²) in [7, 11) is 0. The molecule has 1 heterocycles. The summed E-state index contributed by atoms with van der Waals surface area (Å²) in [5.41, 5.74) is 0.715. The van der Waals surface area contributed by atoms with Crippen molar-refractivity contribution in [3.63, 3.8) is 0 Å². The first-order valence-corrected chi connectivity index (χ1v) is 6.96. The van der Waals surface area contributed by atoms with Crippen LogP contribution in [0, 0.1) is 0 Å². The van der Waals surface area contributed by atoms with Crippen molar-refractivity contribution in [3.05, 3.63) is 53.0 Å². The first-order chi connectivity index (χ1) is 9.72. The molecule has 20 heavy (non-hydrogen) atoms. The van der Waals surface area contributed by atoms with Gasteiger partial charge in [0.25, 0.3) is 5.91 Å². The Morgan fingerprint density at radius 2 is 1.95 bits per heavy atom. The minimum atomic E-state index is -0.649. The fourth-order valence-electron chi connectivity index (χ4n) is 1.94. The lowest BCUT2D eigenvalue weighted by atomic mass is 10.2. The third-order valence-corrected chi connectivity index (χ3v) is 3.39. The molecule has 1 unspecified atom stereocenters. The van der Waals surface area contributed by atoms with E-state index in [2.05, 4.69) is 21.2 Å². The van der Waals surface area contributed by atoms with E-state index in [4.69, 9.17) is 9.47 Å². The maximum atomic E-state index is 12.2. The van der Waals surface area contributed by atoms with Crippen molar-refractivity contribution in [1.29, 1.82) is 0 Å². The number of hydrogen-bond acceptors (Lipinski definition) is 3. The summed E-state index contributed by atoms with van der Waals surface area (Å²) in [5.74, 6) is 1.03. The lowest BCUT2D eigenvalue weighted by Crippen LogP contribution is -2.40. The molecule has 1 atom stereocenters. The van der Waals surface area contributed by atoms with Gasteiger partial charge in [-0.1, -0.05) is 34.1 Å². The highest BCUT2D eigenvalue weighted by Gasteiger charge is 2.27. The van der Waals surface area contributed by atoms with Gasteiger partial charge in [-0.2, -0.15) is 0 Å². The molecular weight excluding hydrogens is 322 g/mol. The topological polar surface area (TPSA) is 47.6 Å². The molecule has 1 amide bonds. The lowest BCUT2D eigenvalue weighted by Gasteiger charge is -2.25. The smallest absolute Gasteiger partial charge is 0.269 e. The van der Waals surface area contributed by atoms with Gasteiger partial charge >= 0.3 is 0 Å². The van der Waals surface area contributed by atoms with E-state index in [1.807, 2.05) is 42.5 Å². The van der Waals surface area contributed by atoms with E-state index in [9.17, 15) is 4.79 Å². The van der Waals surface area contributed by atoms with Gasteiger partial charge in [0.05, 0.1) is 0 Å². The van der Waals surface area contributed by atoms with Gasteiger partial charge in [0.1, 0.15) is 6.61 Å². The van der Waals surface area contributed by atoms with Crippen LogP contribution in [0.25, 0.3) is 0 Å². The number of anilines is 1. The maximum Gasteiger partial charge on any atom is 0.269 e. The van der Waals surface area contributed by atoms with Gasteiger partial charge in [-0.3, -0.25) is 4.79 Å². The third kappa shape index (κ3) is 2.77. The van der Waals surface area contributed by atoms with Crippen LogP contribution in [-0.2, 0) is 4.79 Å². The molecule has 1 N–H and O–H groups in total. The number of hydrogen-bond donors (Lipinski definition) is 1. The third-order valence-electron chi connectivity index (χ3n) is 2.89. The molecule has 0 spiro atoms. The average Bonchev–Trinajstić information content (AvgIpc) is 2.47. The number of nitrogens with one attached hydrogen (secondary N) is 1. The van der Waals surface area contributed by atoms with Crippen molar-refractivity contribution in [2.45, 2.75) is 6.10 Å². The molecule has 5 heteroatoms. The van der Waals surface area contributed by atoms with Crippen LogP contribution in [0.15, 0.2) is 53.0 Å². The zero-order valence-corrected chi connectivity index (χ0v) is 12.1. The second kappa shape index (κ2) is 5.54. The summed E-state index contributed by atoms with van der Waals surface area (Å²) in [4.78, 5) is 12.2. The molecule has 0 aliphatic carbocycles. The Hall–Kier alpha value is -2.01. The van der Waals surface area contributed by atoms with E-state index < -0.39 is 6.10 Å². The molecule has 0 aromatic heterocycles. The second-order valence-corrected chi connectivity index (χ2v) is 5.28. The number of fused-ring (bicyclic) bond motifs is 1. The molecule has 2 aromatic carbocycles. The van der Waals surface area contributed by atoms with Crippen LogP contribution < -0.4 is 14.8 Å². The standard InChI is InChI=1S/C15H12BrNO3/c16-10-4-3-5-11(8-10)17-15(18)14-9-19-12-6-1-2-7-13(12)20-14/h1-8,14H,9H2,(H,17,18). The van der Waals surface area contributed by atoms with E-state index in [1.165, 1.54) is 0 Å². The first kappa shape index (κ1) is 13.0. The molecule has 0 saturated carbocycles. The predicted molar refractivity (Wildman–Crippen MR) is 79.1 cm³/mol. The summed E-state index contributed by atoms with van der Waals surface area (Å²) in [6, 6.07) is 14.7.